The average Bonchev–Trinajstić information content (AvgIpc) is 3.25. The number of unbranched alkanes of at least 4 members (excludes halogenated alkanes) is 3. The third-order valence-corrected chi connectivity index (χ3v) is 5.30. The maximum absolute atomic E-state index is 12.1. The van der Waals surface area contributed by atoms with Gasteiger partial charge in [0.15, 0.2) is 0 Å². The summed E-state index contributed by atoms with van der Waals surface area (Å²) >= 11 is 0. The number of benzene rings is 1. The zero-order valence-electron chi connectivity index (χ0n) is 14.1. The highest BCUT2D eigenvalue weighted by Crippen LogP contribution is 2.49. The van der Waals surface area contributed by atoms with Gasteiger partial charge in [-0.05, 0) is 51.0 Å². The summed E-state index contributed by atoms with van der Waals surface area (Å²) in [6.45, 7) is 2.72. The SMILES string of the molecule is CC12CCC(C(=O)OCCCCCCc3ccccc3)CC1O2. The van der Waals surface area contributed by atoms with Gasteiger partial charge >= 0.3 is 5.97 Å². The Hall–Kier alpha value is -1.35. The van der Waals surface area contributed by atoms with Gasteiger partial charge in [0.1, 0.15) is 0 Å². The molecule has 0 N–H and O–H groups in total. The summed E-state index contributed by atoms with van der Waals surface area (Å²) in [5, 5.41) is 0. The van der Waals surface area contributed by atoms with E-state index in [2.05, 4.69) is 37.3 Å². The number of ether oxygens (including phenoxy) is 2. The molecule has 1 saturated heterocycles. The fourth-order valence-electron chi connectivity index (χ4n) is 3.58. The molecule has 2 fully saturated rings. The molecule has 0 aromatic heterocycles. The quantitative estimate of drug-likeness (QED) is 0.408. The van der Waals surface area contributed by atoms with Crippen molar-refractivity contribution in [3.63, 3.8) is 0 Å². The van der Waals surface area contributed by atoms with E-state index in [1.54, 1.807) is 0 Å². The van der Waals surface area contributed by atoms with Crippen LogP contribution in [0.3, 0.4) is 0 Å². The van der Waals surface area contributed by atoms with Crippen LogP contribution in [0.1, 0.15) is 57.4 Å². The molecule has 1 aromatic carbocycles. The second kappa shape index (κ2) is 7.48. The molecule has 1 aliphatic carbocycles. The lowest BCUT2D eigenvalue weighted by molar-refractivity contribution is -0.149. The first-order valence-corrected chi connectivity index (χ1v) is 9.06. The Labute approximate surface area is 139 Å². The van der Waals surface area contributed by atoms with Crippen molar-refractivity contribution < 1.29 is 14.3 Å². The smallest absolute Gasteiger partial charge is 0.309 e. The van der Waals surface area contributed by atoms with E-state index in [1.807, 2.05) is 0 Å². The molecule has 0 spiro atoms. The standard InChI is InChI=1S/C20H28O3/c1-20-13-12-17(15-18(20)23-20)19(21)22-14-8-3-2-5-9-16-10-6-4-7-11-16/h4,6-7,10-11,17-18H,2-3,5,8-9,12-15H2,1H3. The lowest BCUT2D eigenvalue weighted by Gasteiger charge is -2.20. The van der Waals surface area contributed by atoms with Crippen molar-refractivity contribution in [1.82, 2.24) is 0 Å². The summed E-state index contributed by atoms with van der Waals surface area (Å²) in [7, 11) is 0. The summed E-state index contributed by atoms with van der Waals surface area (Å²) in [5.41, 5.74) is 1.49. The van der Waals surface area contributed by atoms with Crippen molar-refractivity contribution in [3.05, 3.63) is 35.9 Å². The van der Waals surface area contributed by atoms with Crippen LogP contribution < -0.4 is 0 Å². The minimum Gasteiger partial charge on any atom is -0.465 e. The molecule has 3 heteroatoms. The van der Waals surface area contributed by atoms with Crippen molar-refractivity contribution in [2.45, 2.75) is 70.0 Å². The van der Waals surface area contributed by atoms with E-state index >= 15 is 0 Å². The number of carbonyl (C=O) groups excluding carboxylic acids is 1. The van der Waals surface area contributed by atoms with Crippen LogP contribution >= 0.6 is 0 Å². The average molecular weight is 316 g/mol. The molecule has 1 aliphatic heterocycles. The van der Waals surface area contributed by atoms with Gasteiger partial charge in [0, 0.05) is 0 Å². The Morgan fingerprint density at radius 1 is 1.22 bits per heavy atom. The van der Waals surface area contributed by atoms with E-state index in [-0.39, 0.29) is 17.5 Å². The maximum Gasteiger partial charge on any atom is 0.309 e. The predicted octanol–water partition coefficient (Wildman–Crippen LogP) is 4.29. The van der Waals surface area contributed by atoms with Gasteiger partial charge in [-0.15, -0.1) is 0 Å². The van der Waals surface area contributed by atoms with Gasteiger partial charge in [0.25, 0.3) is 0 Å². The Kier molecular flexibility index (Phi) is 5.37. The van der Waals surface area contributed by atoms with Gasteiger partial charge in [-0.1, -0.05) is 43.2 Å². The number of carbonyl (C=O) groups is 1. The summed E-state index contributed by atoms with van der Waals surface area (Å²) in [6, 6.07) is 10.6. The number of epoxide rings is 1. The maximum atomic E-state index is 12.1. The van der Waals surface area contributed by atoms with E-state index in [1.165, 1.54) is 18.4 Å². The molecule has 126 valence electrons. The van der Waals surface area contributed by atoms with Crippen LogP contribution in [0.4, 0.5) is 0 Å². The van der Waals surface area contributed by atoms with Crippen LogP contribution in [0.25, 0.3) is 0 Å². The van der Waals surface area contributed by atoms with Crippen LogP contribution in [-0.4, -0.2) is 24.3 Å². The number of fused-ring (bicyclic) bond motifs is 1. The largest absolute Gasteiger partial charge is 0.465 e. The second-order valence-electron chi connectivity index (χ2n) is 7.21. The van der Waals surface area contributed by atoms with Gasteiger partial charge in [0.05, 0.1) is 24.2 Å². The van der Waals surface area contributed by atoms with Crippen LogP contribution in [0.5, 0.6) is 0 Å². The molecular weight excluding hydrogens is 288 g/mol. The van der Waals surface area contributed by atoms with Crippen molar-refractivity contribution in [1.29, 1.82) is 0 Å². The molecule has 3 nitrogen and oxygen atoms in total. The molecular formula is C20H28O3. The fourth-order valence-corrected chi connectivity index (χ4v) is 3.58. The molecule has 0 bridgehead atoms. The monoisotopic (exact) mass is 316 g/mol. The second-order valence-corrected chi connectivity index (χ2v) is 7.21. The molecule has 2 aliphatic rings. The van der Waals surface area contributed by atoms with Gasteiger partial charge in [0.2, 0.25) is 0 Å². The Morgan fingerprint density at radius 2 is 2.00 bits per heavy atom. The van der Waals surface area contributed by atoms with E-state index in [0.29, 0.717) is 12.7 Å². The zero-order valence-corrected chi connectivity index (χ0v) is 14.1. The molecule has 0 amide bonds. The number of hydrogen-bond acceptors (Lipinski definition) is 3. The first-order valence-electron chi connectivity index (χ1n) is 9.06. The Morgan fingerprint density at radius 3 is 2.78 bits per heavy atom. The van der Waals surface area contributed by atoms with Crippen molar-refractivity contribution in [2.24, 2.45) is 5.92 Å². The van der Waals surface area contributed by atoms with Crippen LogP contribution in [0, 0.1) is 5.92 Å². The Bertz CT molecular complexity index is 513. The highest BCUT2D eigenvalue weighted by Gasteiger charge is 2.56. The Balaban J connectivity index is 1.21. The molecule has 1 saturated carbocycles. The lowest BCUT2D eigenvalue weighted by atomic mass is 9.83. The normalized spacial score (nSPS) is 28.9. The summed E-state index contributed by atoms with van der Waals surface area (Å²) in [6.07, 6.45) is 8.73. The van der Waals surface area contributed by atoms with Crippen LogP contribution in [-0.2, 0) is 20.7 Å². The molecule has 3 unspecified atom stereocenters. The van der Waals surface area contributed by atoms with Crippen molar-refractivity contribution in [2.75, 3.05) is 6.61 Å². The van der Waals surface area contributed by atoms with Crippen molar-refractivity contribution >= 4 is 5.97 Å². The van der Waals surface area contributed by atoms with Crippen LogP contribution in [0.2, 0.25) is 0 Å². The fraction of sp³-hybridized carbons (Fsp3) is 0.650. The molecule has 0 radical (unpaired) electrons. The topological polar surface area (TPSA) is 38.8 Å². The predicted molar refractivity (Wildman–Crippen MR) is 90.2 cm³/mol. The minimum atomic E-state index is -0.00756. The summed E-state index contributed by atoms with van der Waals surface area (Å²) in [5.74, 6) is 0.0560. The highest BCUT2D eigenvalue weighted by molar-refractivity contribution is 5.72. The number of hydrogen-bond donors (Lipinski definition) is 0. The zero-order chi connectivity index (χ0) is 16.1. The van der Waals surface area contributed by atoms with Crippen molar-refractivity contribution in [3.8, 4) is 0 Å². The third-order valence-electron chi connectivity index (χ3n) is 5.30. The molecule has 23 heavy (non-hydrogen) atoms. The number of aryl methyl sites for hydroxylation is 1. The minimum absolute atomic E-state index is 0.00756. The van der Waals surface area contributed by atoms with E-state index in [4.69, 9.17) is 9.47 Å². The molecule has 1 aromatic rings. The first kappa shape index (κ1) is 16.5. The van der Waals surface area contributed by atoms with Crippen LogP contribution in [0.15, 0.2) is 30.3 Å². The van der Waals surface area contributed by atoms with Gasteiger partial charge < -0.3 is 9.47 Å². The van der Waals surface area contributed by atoms with E-state index < -0.39 is 0 Å². The molecule has 3 atom stereocenters. The van der Waals surface area contributed by atoms with E-state index in [9.17, 15) is 4.79 Å². The first-order chi connectivity index (χ1) is 11.2. The van der Waals surface area contributed by atoms with Gasteiger partial charge in [-0.2, -0.15) is 0 Å². The number of esters is 1. The summed E-state index contributed by atoms with van der Waals surface area (Å²) < 4.78 is 11.1. The number of rotatable bonds is 8. The summed E-state index contributed by atoms with van der Waals surface area (Å²) in [4.78, 5) is 12.1. The highest BCUT2D eigenvalue weighted by atomic mass is 16.6. The lowest BCUT2D eigenvalue weighted by Crippen LogP contribution is -2.28. The van der Waals surface area contributed by atoms with Gasteiger partial charge in [-0.3, -0.25) is 4.79 Å². The third kappa shape index (κ3) is 4.57. The van der Waals surface area contributed by atoms with Gasteiger partial charge in [-0.25, -0.2) is 0 Å². The molecule has 1 heterocycles. The molecule has 3 rings (SSSR count). The van der Waals surface area contributed by atoms with E-state index in [0.717, 1.165) is 38.5 Å².